The van der Waals surface area contributed by atoms with Crippen LogP contribution in [0.4, 0.5) is 11.6 Å². The number of anilines is 2. The molecule has 6 rings (SSSR count). The van der Waals surface area contributed by atoms with Gasteiger partial charge in [-0.1, -0.05) is 0 Å². The summed E-state index contributed by atoms with van der Waals surface area (Å²) in [5.41, 5.74) is 2.20. The summed E-state index contributed by atoms with van der Waals surface area (Å²) in [6.07, 6.45) is 3.74. The maximum atomic E-state index is 10.8. The number of aromatic amines is 1. The second kappa shape index (κ2) is 7.25. The average molecular weight is 449 g/mol. The number of aryl methyl sites for hydroxylation is 2. The van der Waals surface area contributed by atoms with E-state index in [1.165, 1.54) is 0 Å². The van der Waals surface area contributed by atoms with E-state index in [0.717, 1.165) is 58.1 Å². The maximum Gasteiger partial charge on any atom is 0.324 e. The predicted octanol–water partition coefficient (Wildman–Crippen LogP) is 4.98. The SMILES string of the molecule is Cc1cc(Nc2cc(C3CC(O)(C4CC4)C3)nc(Oc3ccc4nc(C)sc4c3)n2)[nH]n1. The largest absolute Gasteiger partial charge is 0.424 e. The molecule has 0 radical (unpaired) electrons. The number of benzene rings is 1. The Labute approximate surface area is 189 Å². The number of nitrogens with zero attached hydrogens (tertiary/aromatic N) is 4. The van der Waals surface area contributed by atoms with Gasteiger partial charge in [0.15, 0.2) is 0 Å². The third-order valence-electron chi connectivity index (χ3n) is 6.33. The molecule has 2 aliphatic carbocycles. The van der Waals surface area contributed by atoms with E-state index in [1.54, 1.807) is 11.3 Å². The van der Waals surface area contributed by atoms with Crippen LogP contribution in [0.3, 0.4) is 0 Å². The van der Waals surface area contributed by atoms with Crippen molar-refractivity contribution in [1.29, 1.82) is 0 Å². The van der Waals surface area contributed by atoms with Crippen LogP contribution in [0.25, 0.3) is 10.2 Å². The fourth-order valence-electron chi connectivity index (χ4n) is 4.53. The summed E-state index contributed by atoms with van der Waals surface area (Å²) >= 11 is 1.63. The summed E-state index contributed by atoms with van der Waals surface area (Å²) in [5, 5.41) is 22.2. The van der Waals surface area contributed by atoms with Gasteiger partial charge in [0, 0.05) is 24.1 Å². The minimum atomic E-state index is -0.528. The van der Waals surface area contributed by atoms with Crippen LogP contribution in [-0.2, 0) is 0 Å². The molecule has 8 nitrogen and oxygen atoms in total. The Morgan fingerprint density at radius 2 is 1.97 bits per heavy atom. The Kier molecular flexibility index (Phi) is 4.44. The van der Waals surface area contributed by atoms with Gasteiger partial charge in [0.2, 0.25) is 0 Å². The Morgan fingerprint density at radius 1 is 1.12 bits per heavy atom. The van der Waals surface area contributed by atoms with Gasteiger partial charge in [0.25, 0.3) is 0 Å². The number of hydrogen-bond acceptors (Lipinski definition) is 8. The van der Waals surface area contributed by atoms with Crippen molar-refractivity contribution < 1.29 is 9.84 Å². The fraction of sp³-hybridized carbons (Fsp3) is 0.391. The normalized spacial score (nSPS) is 22.7. The zero-order valence-corrected chi connectivity index (χ0v) is 18.7. The number of aliphatic hydroxyl groups is 1. The average Bonchev–Trinajstić information content (AvgIpc) is 3.41. The number of H-pyrrole nitrogens is 1. The highest BCUT2D eigenvalue weighted by molar-refractivity contribution is 7.18. The van der Waals surface area contributed by atoms with Crippen LogP contribution in [0, 0.1) is 19.8 Å². The van der Waals surface area contributed by atoms with Crippen molar-refractivity contribution >= 4 is 33.2 Å². The Balaban J connectivity index is 1.30. The summed E-state index contributed by atoms with van der Waals surface area (Å²) in [5.74, 6) is 2.70. The summed E-state index contributed by atoms with van der Waals surface area (Å²) in [4.78, 5) is 13.8. The summed E-state index contributed by atoms with van der Waals surface area (Å²) in [6.45, 7) is 3.92. The molecule has 2 saturated carbocycles. The van der Waals surface area contributed by atoms with Crippen molar-refractivity contribution in [2.75, 3.05) is 5.32 Å². The lowest BCUT2D eigenvalue weighted by Crippen LogP contribution is -2.44. The highest BCUT2D eigenvalue weighted by Gasteiger charge is 2.53. The standard InChI is InChI=1S/C23H24N6O2S/c1-12-7-21(29-28-12)26-20-9-18(14-10-23(30,11-14)15-3-4-15)25-22(27-20)31-16-5-6-17-19(8-16)32-13(2)24-17/h5-9,14-15,30H,3-4,10-11H2,1-2H3,(H2,25,26,27,28,29). The third kappa shape index (κ3) is 3.71. The first-order valence-electron chi connectivity index (χ1n) is 10.9. The molecular weight excluding hydrogens is 424 g/mol. The van der Waals surface area contributed by atoms with Gasteiger partial charge in [-0.15, -0.1) is 11.3 Å². The molecule has 0 spiro atoms. The molecule has 0 atom stereocenters. The van der Waals surface area contributed by atoms with E-state index in [0.29, 0.717) is 17.5 Å². The molecule has 9 heteroatoms. The van der Waals surface area contributed by atoms with E-state index in [1.807, 2.05) is 44.2 Å². The zero-order valence-electron chi connectivity index (χ0n) is 17.9. The van der Waals surface area contributed by atoms with E-state index >= 15 is 0 Å². The highest BCUT2D eigenvalue weighted by atomic mass is 32.1. The highest BCUT2D eigenvalue weighted by Crippen LogP contribution is 2.56. The molecule has 3 aromatic heterocycles. The molecule has 164 valence electrons. The molecule has 4 aromatic rings. The summed E-state index contributed by atoms with van der Waals surface area (Å²) in [7, 11) is 0. The third-order valence-corrected chi connectivity index (χ3v) is 7.26. The number of hydrogen-bond donors (Lipinski definition) is 3. The van der Waals surface area contributed by atoms with Gasteiger partial charge in [0.05, 0.1) is 32.2 Å². The summed E-state index contributed by atoms with van der Waals surface area (Å²) < 4.78 is 7.14. The number of rotatable bonds is 6. The minimum Gasteiger partial charge on any atom is -0.424 e. The molecule has 0 saturated heterocycles. The lowest BCUT2D eigenvalue weighted by molar-refractivity contribution is -0.0688. The molecule has 0 unspecified atom stereocenters. The van der Waals surface area contributed by atoms with Crippen molar-refractivity contribution in [3.8, 4) is 11.8 Å². The molecule has 2 fully saturated rings. The monoisotopic (exact) mass is 448 g/mol. The molecule has 2 aliphatic rings. The predicted molar refractivity (Wildman–Crippen MR) is 123 cm³/mol. The Hall–Kier alpha value is -3.04. The van der Waals surface area contributed by atoms with Crippen molar-refractivity contribution in [3.63, 3.8) is 0 Å². The van der Waals surface area contributed by atoms with Crippen LogP contribution >= 0.6 is 11.3 Å². The van der Waals surface area contributed by atoms with E-state index < -0.39 is 5.60 Å². The first-order valence-corrected chi connectivity index (χ1v) is 11.7. The molecule has 3 heterocycles. The minimum absolute atomic E-state index is 0.196. The van der Waals surface area contributed by atoms with E-state index in [4.69, 9.17) is 9.72 Å². The topological polar surface area (TPSA) is 109 Å². The van der Waals surface area contributed by atoms with Crippen LogP contribution in [0.15, 0.2) is 30.3 Å². The number of aromatic nitrogens is 5. The summed E-state index contributed by atoms with van der Waals surface area (Å²) in [6, 6.07) is 9.94. The van der Waals surface area contributed by atoms with Crippen molar-refractivity contribution in [2.24, 2.45) is 5.92 Å². The van der Waals surface area contributed by atoms with Gasteiger partial charge in [-0.05, 0) is 57.6 Å². The first-order chi connectivity index (χ1) is 15.4. The van der Waals surface area contributed by atoms with Crippen molar-refractivity contribution in [3.05, 3.63) is 46.7 Å². The van der Waals surface area contributed by atoms with Crippen LogP contribution in [0.2, 0.25) is 0 Å². The van der Waals surface area contributed by atoms with Crippen LogP contribution in [0.5, 0.6) is 11.8 Å². The lowest BCUT2D eigenvalue weighted by atomic mass is 9.67. The number of ether oxygens (including phenoxy) is 1. The molecule has 0 bridgehead atoms. The number of thiazole rings is 1. The smallest absolute Gasteiger partial charge is 0.324 e. The first kappa shape index (κ1) is 19.6. The second-order valence-electron chi connectivity index (χ2n) is 8.96. The lowest BCUT2D eigenvalue weighted by Gasteiger charge is -2.44. The fourth-order valence-corrected chi connectivity index (χ4v) is 5.39. The molecule has 0 aliphatic heterocycles. The van der Waals surface area contributed by atoms with Gasteiger partial charge in [-0.3, -0.25) is 5.10 Å². The van der Waals surface area contributed by atoms with Gasteiger partial charge in [-0.25, -0.2) is 4.98 Å². The molecule has 0 amide bonds. The number of fused-ring (bicyclic) bond motifs is 1. The van der Waals surface area contributed by atoms with Gasteiger partial charge in [0.1, 0.15) is 17.4 Å². The van der Waals surface area contributed by atoms with Crippen molar-refractivity contribution in [2.45, 2.75) is 51.0 Å². The van der Waals surface area contributed by atoms with Crippen LogP contribution in [0.1, 0.15) is 48.0 Å². The van der Waals surface area contributed by atoms with E-state index in [9.17, 15) is 5.11 Å². The number of nitrogens with one attached hydrogen (secondary N) is 2. The Bertz CT molecular complexity index is 1310. The second-order valence-corrected chi connectivity index (χ2v) is 10.2. The van der Waals surface area contributed by atoms with Crippen LogP contribution in [-0.4, -0.2) is 35.9 Å². The molecular formula is C23H24N6O2S. The van der Waals surface area contributed by atoms with Crippen LogP contribution < -0.4 is 10.1 Å². The molecule has 32 heavy (non-hydrogen) atoms. The molecule has 1 aromatic carbocycles. The quantitative estimate of drug-likeness (QED) is 0.382. The molecule has 3 N–H and O–H groups in total. The van der Waals surface area contributed by atoms with Crippen molar-refractivity contribution in [1.82, 2.24) is 25.1 Å². The van der Waals surface area contributed by atoms with Gasteiger partial charge >= 0.3 is 6.01 Å². The van der Waals surface area contributed by atoms with Gasteiger partial charge < -0.3 is 15.2 Å². The Morgan fingerprint density at radius 3 is 2.72 bits per heavy atom. The van der Waals surface area contributed by atoms with Gasteiger partial charge in [-0.2, -0.15) is 15.1 Å². The van der Waals surface area contributed by atoms with E-state index in [2.05, 4.69) is 25.5 Å². The maximum absolute atomic E-state index is 10.8. The zero-order chi connectivity index (χ0) is 21.9. The van der Waals surface area contributed by atoms with E-state index in [-0.39, 0.29) is 11.9 Å².